The van der Waals surface area contributed by atoms with Gasteiger partial charge in [0, 0.05) is 10.9 Å². The van der Waals surface area contributed by atoms with Crippen LogP contribution in [0.2, 0.25) is 5.02 Å². The van der Waals surface area contributed by atoms with Gasteiger partial charge < -0.3 is 10.1 Å². The van der Waals surface area contributed by atoms with Crippen molar-refractivity contribution in [2.75, 3.05) is 13.2 Å². The predicted octanol–water partition coefficient (Wildman–Crippen LogP) is 2.55. The molecule has 1 aromatic carbocycles. The first-order valence-electron chi connectivity index (χ1n) is 5.83. The van der Waals surface area contributed by atoms with Gasteiger partial charge in [0.15, 0.2) is 0 Å². The zero-order chi connectivity index (χ0) is 12.3. The number of halogens is 1. The Morgan fingerprint density at radius 1 is 1.53 bits per heavy atom. The van der Waals surface area contributed by atoms with E-state index in [4.69, 9.17) is 16.3 Å². The van der Waals surface area contributed by atoms with Crippen molar-refractivity contribution in [3.8, 4) is 5.75 Å². The lowest BCUT2D eigenvalue weighted by atomic mass is 10.2. The Labute approximate surface area is 106 Å². The summed E-state index contributed by atoms with van der Waals surface area (Å²) in [5, 5.41) is 3.54. The molecule has 1 aliphatic carbocycles. The average Bonchev–Trinajstić information content (AvgIpc) is 3.13. The van der Waals surface area contributed by atoms with E-state index in [-0.39, 0.29) is 11.8 Å². The van der Waals surface area contributed by atoms with Gasteiger partial charge in [-0.05, 0) is 37.5 Å². The molecule has 4 heteroatoms. The Balaban J connectivity index is 1.70. The fraction of sp³-hybridized carbons (Fsp3) is 0.462. The second kappa shape index (κ2) is 5.41. The fourth-order valence-electron chi connectivity index (χ4n) is 1.50. The van der Waals surface area contributed by atoms with E-state index in [2.05, 4.69) is 5.32 Å². The normalized spacial score (nSPS) is 14.5. The highest BCUT2D eigenvalue weighted by Gasteiger charge is 2.28. The van der Waals surface area contributed by atoms with Gasteiger partial charge in [0.25, 0.3) is 0 Å². The van der Waals surface area contributed by atoms with E-state index in [0.717, 1.165) is 24.2 Å². The van der Waals surface area contributed by atoms with Crippen LogP contribution in [0.25, 0.3) is 0 Å². The first-order chi connectivity index (χ1) is 8.16. The molecule has 0 aromatic heterocycles. The van der Waals surface area contributed by atoms with Crippen molar-refractivity contribution < 1.29 is 9.53 Å². The molecule has 2 rings (SSSR count). The van der Waals surface area contributed by atoms with Crippen LogP contribution in [0, 0.1) is 12.8 Å². The average molecular weight is 254 g/mol. The van der Waals surface area contributed by atoms with E-state index in [1.165, 1.54) is 0 Å². The number of amides is 1. The summed E-state index contributed by atoms with van der Waals surface area (Å²) in [6.45, 7) is 2.96. The summed E-state index contributed by atoms with van der Waals surface area (Å²) in [4.78, 5) is 11.3. The van der Waals surface area contributed by atoms with E-state index in [1.54, 1.807) is 6.07 Å². The predicted molar refractivity (Wildman–Crippen MR) is 67.4 cm³/mol. The molecule has 0 saturated heterocycles. The minimum atomic E-state index is 0.149. The van der Waals surface area contributed by atoms with Gasteiger partial charge in [-0.15, -0.1) is 0 Å². The van der Waals surface area contributed by atoms with Gasteiger partial charge in [0.2, 0.25) is 5.91 Å². The number of ether oxygens (including phenoxy) is 1. The first kappa shape index (κ1) is 12.2. The van der Waals surface area contributed by atoms with Crippen LogP contribution in [-0.4, -0.2) is 19.1 Å². The van der Waals surface area contributed by atoms with Crippen molar-refractivity contribution in [1.82, 2.24) is 5.32 Å². The molecule has 1 aromatic rings. The molecular formula is C13H16ClNO2. The Bertz CT molecular complexity index is 416. The molecule has 1 saturated carbocycles. The monoisotopic (exact) mass is 253 g/mol. The zero-order valence-corrected chi connectivity index (χ0v) is 10.6. The first-order valence-corrected chi connectivity index (χ1v) is 6.21. The molecule has 0 aliphatic heterocycles. The number of aryl methyl sites for hydroxylation is 1. The number of benzene rings is 1. The van der Waals surface area contributed by atoms with Crippen molar-refractivity contribution in [1.29, 1.82) is 0 Å². The molecule has 17 heavy (non-hydrogen) atoms. The Hall–Kier alpha value is -1.22. The number of carbonyl (C=O) groups excluding carboxylic acids is 1. The summed E-state index contributed by atoms with van der Waals surface area (Å²) in [5.74, 6) is 1.14. The third-order valence-corrected chi connectivity index (χ3v) is 3.17. The largest absolute Gasteiger partial charge is 0.492 e. The molecule has 1 fully saturated rings. The van der Waals surface area contributed by atoms with Crippen LogP contribution >= 0.6 is 11.6 Å². The lowest BCUT2D eigenvalue weighted by molar-refractivity contribution is -0.122. The molecule has 0 bridgehead atoms. The Kier molecular flexibility index (Phi) is 3.89. The molecule has 0 heterocycles. The Morgan fingerprint density at radius 2 is 2.29 bits per heavy atom. The van der Waals surface area contributed by atoms with Crippen molar-refractivity contribution >= 4 is 17.5 Å². The highest BCUT2D eigenvalue weighted by atomic mass is 35.5. The van der Waals surface area contributed by atoms with Gasteiger partial charge in [-0.3, -0.25) is 4.79 Å². The number of hydrogen-bond acceptors (Lipinski definition) is 2. The van der Waals surface area contributed by atoms with Crippen LogP contribution in [0.15, 0.2) is 18.2 Å². The standard InChI is InChI=1S/C13H16ClNO2/c1-9-2-5-11(8-12(9)14)17-7-6-15-13(16)10-3-4-10/h2,5,8,10H,3-4,6-7H2,1H3,(H,15,16). The van der Waals surface area contributed by atoms with E-state index in [1.807, 2.05) is 19.1 Å². The molecule has 1 amide bonds. The summed E-state index contributed by atoms with van der Waals surface area (Å²) in [6.07, 6.45) is 2.06. The maximum absolute atomic E-state index is 11.3. The van der Waals surface area contributed by atoms with Crippen LogP contribution in [-0.2, 0) is 4.79 Å². The van der Waals surface area contributed by atoms with Gasteiger partial charge in [0.1, 0.15) is 12.4 Å². The lowest BCUT2D eigenvalue weighted by Crippen LogP contribution is -2.29. The molecular weight excluding hydrogens is 238 g/mol. The van der Waals surface area contributed by atoms with Crippen LogP contribution in [0.3, 0.4) is 0 Å². The molecule has 92 valence electrons. The Morgan fingerprint density at radius 3 is 2.94 bits per heavy atom. The van der Waals surface area contributed by atoms with E-state index in [9.17, 15) is 4.79 Å². The third-order valence-electron chi connectivity index (χ3n) is 2.76. The van der Waals surface area contributed by atoms with Gasteiger partial charge in [-0.1, -0.05) is 17.7 Å². The summed E-state index contributed by atoms with van der Waals surface area (Å²) in [6, 6.07) is 5.59. The van der Waals surface area contributed by atoms with Crippen molar-refractivity contribution in [3.05, 3.63) is 28.8 Å². The van der Waals surface area contributed by atoms with Crippen molar-refractivity contribution in [2.45, 2.75) is 19.8 Å². The minimum Gasteiger partial charge on any atom is -0.492 e. The van der Waals surface area contributed by atoms with E-state index in [0.29, 0.717) is 18.2 Å². The molecule has 0 radical (unpaired) electrons. The molecule has 0 spiro atoms. The van der Waals surface area contributed by atoms with Gasteiger partial charge in [-0.25, -0.2) is 0 Å². The molecule has 3 nitrogen and oxygen atoms in total. The third kappa shape index (κ3) is 3.63. The summed E-state index contributed by atoms with van der Waals surface area (Å²) in [7, 11) is 0. The van der Waals surface area contributed by atoms with Crippen LogP contribution < -0.4 is 10.1 Å². The van der Waals surface area contributed by atoms with Crippen LogP contribution in [0.4, 0.5) is 0 Å². The second-order valence-corrected chi connectivity index (χ2v) is 4.73. The second-order valence-electron chi connectivity index (χ2n) is 4.32. The van der Waals surface area contributed by atoms with Crippen molar-refractivity contribution in [3.63, 3.8) is 0 Å². The van der Waals surface area contributed by atoms with E-state index >= 15 is 0 Å². The highest BCUT2D eigenvalue weighted by molar-refractivity contribution is 6.31. The highest BCUT2D eigenvalue weighted by Crippen LogP contribution is 2.28. The lowest BCUT2D eigenvalue weighted by Gasteiger charge is -2.08. The number of carbonyl (C=O) groups is 1. The molecule has 1 N–H and O–H groups in total. The maximum atomic E-state index is 11.3. The SMILES string of the molecule is Cc1ccc(OCCNC(=O)C2CC2)cc1Cl. The zero-order valence-electron chi connectivity index (χ0n) is 9.83. The summed E-state index contributed by atoms with van der Waals surface area (Å²) < 4.78 is 5.49. The van der Waals surface area contributed by atoms with Crippen LogP contribution in [0.1, 0.15) is 18.4 Å². The minimum absolute atomic E-state index is 0.149. The molecule has 1 aliphatic rings. The molecule has 0 unspecified atom stereocenters. The fourth-order valence-corrected chi connectivity index (χ4v) is 1.67. The van der Waals surface area contributed by atoms with Crippen LogP contribution in [0.5, 0.6) is 5.75 Å². The number of hydrogen-bond donors (Lipinski definition) is 1. The van der Waals surface area contributed by atoms with Crippen molar-refractivity contribution in [2.24, 2.45) is 5.92 Å². The number of nitrogens with one attached hydrogen (secondary N) is 1. The quantitative estimate of drug-likeness (QED) is 0.819. The summed E-state index contributed by atoms with van der Waals surface area (Å²) >= 11 is 5.98. The summed E-state index contributed by atoms with van der Waals surface area (Å²) in [5.41, 5.74) is 1.03. The maximum Gasteiger partial charge on any atom is 0.223 e. The van der Waals surface area contributed by atoms with Gasteiger partial charge >= 0.3 is 0 Å². The molecule has 0 atom stereocenters. The topological polar surface area (TPSA) is 38.3 Å². The van der Waals surface area contributed by atoms with E-state index < -0.39 is 0 Å². The van der Waals surface area contributed by atoms with Gasteiger partial charge in [-0.2, -0.15) is 0 Å². The smallest absolute Gasteiger partial charge is 0.223 e. The number of rotatable bonds is 5. The van der Waals surface area contributed by atoms with Gasteiger partial charge in [0.05, 0.1) is 6.54 Å².